The van der Waals surface area contributed by atoms with Gasteiger partial charge in [0, 0.05) is 57.1 Å². The van der Waals surface area contributed by atoms with E-state index in [2.05, 4.69) is 24.1 Å². The maximum Gasteiger partial charge on any atom is 0.291 e. The molecule has 0 saturated carbocycles. The Bertz CT molecular complexity index is 983. The minimum absolute atomic E-state index is 0.0777. The normalized spacial score (nSPS) is 14.1. The summed E-state index contributed by atoms with van der Waals surface area (Å²) in [6, 6.07) is 8.68. The maximum atomic E-state index is 13.4. The van der Waals surface area contributed by atoms with Crippen LogP contribution in [0.25, 0.3) is 0 Å². The van der Waals surface area contributed by atoms with Gasteiger partial charge in [0.1, 0.15) is 0 Å². The van der Waals surface area contributed by atoms with Crippen LogP contribution in [-0.2, 0) is 4.79 Å². The number of carbonyl (C=O) groups excluding carboxylic acids is 3. The summed E-state index contributed by atoms with van der Waals surface area (Å²) >= 11 is 0. The third kappa shape index (κ3) is 6.18. The third-order valence-corrected chi connectivity index (χ3v) is 6.05. The minimum atomic E-state index is -0.368. The molecule has 8 heteroatoms. The average molecular weight is 469 g/mol. The molecule has 0 radical (unpaired) electrons. The first kappa shape index (κ1) is 25.3. The van der Waals surface area contributed by atoms with Crippen LogP contribution >= 0.6 is 0 Å². The molecule has 34 heavy (non-hydrogen) atoms. The highest BCUT2D eigenvalue weighted by molar-refractivity contribution is 6.05. The first-order valence-electron chi connectivity index (χ1n) is 12.1. The van der Waals surface area contributed by atoms with Gasteiger partial charge in [-0.3, -0.25) is 14.4 Å². The van der Waals surface area contributed by atoms with Crippen molar-refractivity contribution in [2.45, 2.75) is 40.5 Å². The van der Waals surface area contributed by atoms with E-state index >= 15 is 0 Å². The van der Waals surface area contributed by atoms with Crippen LogP contribution in [0.3, 0.4) is 0 Å². The van der Waals surface area contributed by atoms with Gasteiger partial charge in [-0.15, -0.1) is 0 Å². The Hall–Kier alpha value is -3.29. The average Bonchev–Trinajstić information content (AvgIpc) is 3.24. The van der Waals surface area contributed by atoms with Crippen LogP contribution in [0.1, 0.15) is 61.4 Å². The van der Waals surface area contributed by atoms with E-state index in [0.717, 1.165) is 25.2 Å². The highest BCUT2D eigenvalue weighted by Gasteiger charge is 2.25. The standard InChI is InChI=1S/C26H36N4O4/c1-5-28(6-2)26(33)21-18-20(27-25(32)23-9-7-16-34-23)10-11-22(21)29-12-8-13-30(15-14-29)24(31)17-19(3)4/h7,9-11,16,18-19H,5-6,8,12-15,17H2,1-4H3,(H,27,32). The second-order valence-corrected chi connectivity index (χ2v) is 8.96. The molecule has 1 aliphatic heterocycles. The van der Waals surface area contributed by atoms with E-state index in [1.54, 1.807) is 23.1 Å². The molecular weight excluding hydrogens is 432 g/mol. The summed E-state index contributed by atoms with van der Waals surface area (Å²) in [5.41, 5.74) is 1.90. The summed E-state index contributed by atoms with van der Waals surface area (Å²) in [7, 11) is 0. The Balaban J connectivity index is 1.85. The number of furan rings is 1. The van der Waals surface area contributed by atoms with Crippen LogP contribution in [0.5, 0.6) is 0 Å². The molecule has 0 spiro atoms. The maximum absolute atomic E-state index is 13.4. The molecule has 1 aromatic carbocycles. The lowest BCUT2D eigenvalue weighted by atomic mass is 10.1. The predicted octanol–water partition coefficient (Wildman–Crippen LogP) is 4.10. The SMILES string of the molecule is CCN(CC)C(=O)c1cc(NC(=O)c2ccco2)ccc1N1CCCN(C(=O)CC(C)C)CC1. The lowest BCUT2D eigenvalue weighted by Crippen LogP contribution is -2.37. The topological polar surface area (TPSA) is 86.1 Å². The number of nitrogens with zero attached hydrogens (tertiary/aromatic N) is 3. The van der Waals surface area contributed by atoms with Gasteiger partial charge in [-0.05, 0) is 56.5 Å². The van der Waals surface area contributed by atoms with E-state index in [4.69, 9.17) is 4.42 Å². The summed E-state index contributed by atoms with van der Waals surface area (Å²) in [5.74, 6) is 0.278. The highest BCUT2D eigenvalue weighted by Crippen LogP contribution is 2.28. The number of rotatable bonds is 8. The summed E-state index contributed by atoms with van der Waals surface area (Å²) in [5, 5.41) is 2.82. The van der Waals surface area contributed by atoms with Crippen molar-refractivity contribution in [2.24, 2.45) is 5.92 Å². The molecule has 3 rings (SSSR count). The molecule has 2 aromatic rings. The number of nitrogens with one attached hydrogen (secondary N) is 1. The van der Waals surface area contributed by atoms with Gasteiger partial charge in [0.25, 0.3) is 11.8 Å². The number of carbonyl (C=O) groups is 3. The van der Waals surface area contributed by atoms with Gasteiger partial charge >= 0.3 is 0 Å². The van der Waals surface area contributed by atoms with E-state index < -0.39 is 0 Å². The number of hydrogen-bond acceptors (Lipinski definition) is 5. The molecule has 184 valence electrons. The fraction of sp³-hybridized carbons (Fsp3) is 0.500. The molecule has 1 N–H and O–H groups in total. The Morgan fingerprint density at radius 3 is 2.47 bits per heavy atom. The predicted molar refractivity (Wildman–Crippen MR) is 133 cm³/mol. The number of anilines is 2. The minimum Gasteiger partial charge on any atom is -0.459 e. The molecule has 0 bridgehead atoms. The number of amides is 3. The van der Waals surface area contributed by atoms with Gasteiger partial charge in [0.05, 0.1) is 11.8 Å². The van der Waals surface area contributed by atoms with E-state index in [9.17, 15) is 14.4 Å². The van der Waals surface area contributed by atoms with Gasteiger partial charge in [-0.1, -0.05) is 13.8 Å². The van der Waals surface area contributed by atoms with Crippen molar-refractivity contribution >= 4 is 29.1 Å². The van der Waals surface area contributed by atoms with E-state index in [0.29, 0.717) is 49.8 Å². The third-order valence-electron chi connectivity index (χ3n) is 6.05. The van der Waals surface area contributed by atoms with E-state index in [-0.39, 0.29) is 23.5 Å². The summed E-state index contributed by atoms with van der Waals surface area (Å²) in [4.78, 5) is 44.4. The van der Waals surface area contributed by atoms with E-state index in [1.807, 2.05) is 30.9 Å². The van der Waals surface area contributed by atoms with Crippen LogP contribution in [0.15, 0.2) is 41.0 Å². The fourth-order valence-electron chi connectivity index (χ4n) is 4.23. The van der Waals surface area contributed by atoms with Crippen molar-refractivity contribution < 1.29 is 18.8 Å². The van der Waals surface area contributed by atoms with Crippen molar-refractivity contribution in [3.05, 3.63) is 47.9 Å². The largest absolute Gasteiger partial charge is 0.459 e. The summed E-state index contributed by atoms with van der Waals surface area (Å²) < 4.78 is 5.18. The van der Waals surface area contributed by atoms with Crippen LogP contribution in [0, 0.1) is 5.92 Å². The molecular formula is C26H36N4O4. The molecule has 1 aliphatic rings. The second kappa shape index (κ2) is 11.7. The quantitative estimate of drug-likeness (QED) is 0.630. The zero-order valence-electron chi connectivity index (χ0n) is 20.7. The Labute approximate surface area is 201 Å². The van der Waals surface area contributed by atoms with Crippen molar-refractivity contribution in [1.82, 2.24) is 9.80 Å². The lowest BCUT2D eigenvalue weighted by molar-refractivity contribution is -0.131. The van der Waals surface area contributed by atoms with Gasteiger partial charge < -0.3 is 24.4 Å². The fourth-order valence-corrected chi connectivity index (χ4v) is 4.23. The van der Waals surface area contributed by atoms with Gasteiger partial charge in [0.2, 0.25) is 5.91 Å². The molecule has 2 heterocycles. The first-order chi connectivity index (χ1) is 16.3. The molecule has 1 saturated heterocycles. The zero-order chi connectivity index (χ0) is 24.7. The molecule has 8 nitrogen and oxygen atoms in total. The summed E-state index contributed by atoms with van der Waals surface area (Å²) in [6.07, 6.45) is 2.83. The van der Waals surface area contributed by atoms with Crippen LogP contribution in [0.2, 0.25) is 0 Å². The zero-order valence-corrected chi connectivity index (χ0v) is 20.7. The molecule has 0 unspecified atom stereocenters. The number of benzene rings is 1. The van der Waals surface area contributed by atoms with Crippen LogP contribution in [-0.4, -0.2) is 66.8 Å². The second-order valence-electron chi connectivity index (χ2n) is 8.96. The lowest BCUT2D eigenvalue weighted by Gasteiger charge is -2.28. The molecule has 3 amide bonds. The van der Waals surface area contributed by atoms with Gasteiger partial charge in [-0.2, -0.15) is 0 Å². The van der Waals surface area contributed by atoms with Crippen LogP contribution < -0.4 is 10.2 Å². The molecule has 1 aromatic heterocycles. The van der Waals surface area contributed by atoms with Crippen molar-refractivity contribution in [2.75, 3.05) is 49.5 Å². The monoisotopic (exact) mass is 468 g/mol. The highest BCUT2D eigenvalue weighted by atomic mass is 16.3. The smallest absolute Gasteiger partial charge is 0.291 e. The Kier molecular flexibility index (Phi) is 8.73. The van der Waals surface area contributed by atoms with E-state index in [1.165, 1.54) is 6.26 Å². The van der Waals surface area contributed by atoms with Crippen molar-refractivity contribution in [1.29, 1.82) is 0 Å². The van der Waals surface area contributed by atoms with Gasteiger partial charge in [-0.25, -0.2) is 0 Å². The molecule has 0 atom stereocenters. The van der Waals surface area contributed by atoms with Crippen LogP contribution in [0.4, 0.5) is 11.4 Å². The Morgan fingerprint density at radius 1 is 1.06 bits per heavy atom. The number of hydrogen-bond donors (Lipinski definition) is 1. The molecule has 1 fully saturated rings. The Morgan fingerprint density at radius 2 is 1.82 bits per heavy atom. The summed E-state index contributed by atoms with van der Waals surface area (Å²) in [6.45, 7) is 12.0. The van der Waals surface area contributed by atoms with Crippen molar-refractivity contribution in [3.63, 3.8) is 0 Å². The van der Waals surface area contributed by atoms with Crippen molar-refractivity contribution in [3.8, 4) is 0 Å². The first-order valence-corrected chi connectivity index (χ1v) is 12.1. The van der Waals surface area contributed by atoms with Gasteiger partial charge in [0.15, 0.2) is 5.76 Å². The molecule has 0 aliphatic carbocycles.